The minimum absolute atomic E-state index is 0.750. The number of hydrogen-bond acceptors (Lipinski definition) is 1. The molecule has 1 N–H and O–H groups in total. The summed E-state index contributed by atoms with van der Waals surface area (Å²) >= 11 is 0. The van der Waals surface area contributed by atoms with Crippen LogP contribution in [0.3, 0.4) is 0 Å². The molecule has 1 aromatic heterocycles. The Hall–Kier alpha value is -0.760. The highest BCUT2D eigenvalue weighted by atomic mass is 15.0. The van der Waals surface area contributed by atoms with Crippen LogP contribution >= 0.6 is 0 Å². The quantitative estimate of drug-likeness (QED) is 0.777. The van der Waals surface area contributed by atoms with Crippen molar-refractivity contribution in [2.75, 3.05) is 0 Å². The van der Waals surface area contributed by atoms with Gasteiger partial charge in [0.05, 0.1) is 0 Å². The lowest BCUT2D eigenvalue weighted by Gasteiger charge is -2.12. The van der Waals surface area contributed by atoms with E-state index in [1.165, 1.54) is 25.0 Å². The molecule has 0 amide bonds. The van der Waals surface area contributed by atoms with Gasteiger partial charge in [-0.2, -0.15) is 0 Å². The molecular weight excluding hydrogens is 172 g/mol. The van der Waals surface area contributed by atoms with Gasteiger partial charge in [0.25, 0.3) is 0 Å². The normalized spacial score (nSPS) is 27.0. The summed E-state index contributed by atoms with van der Waals surface area (Å²) in [5.74, 6) is 0.918. The highest BCUT2D eigenvalue weighted by Gasteiger charge is 2.20. The van der Waals surface area contributed by atoms with Gasteiger partial charge in [0.1, 0.15) is 0 Å². The minimum Gasteiger partial charge on any atom is -0.353 e. The van der Waals surface area contributed by atoms with E-state index in [0.717, 1.165) is 18.5 Å². The molecule has 1 aliphatic rings. The van der Waals surface area contributed by atoms with Crippen molar-refractivity contribution in [3.05, 3.63) is 24.0 Å². The van der Waals surface area contributed by atoms with Crippen molar-refractivity contribution in [3.63, 3.8) is 0 Å². The molecule has 1 heterocycles. The summed E-state index contributed by atoms with van der Waals surface area (Å²) < 4.78 is 2.19. The molecule has 1 aliphatic carbocycles. The fraction of sp³-hybridized carbons (Fsp3) is 0.667. The van der Waals surface area contributed by atoms with Gasteiger partial charge in [-0.25, -0.2) is 0 Å². The molecule has 1 aromatic rings. The predicted octanol–water partition coefficient (Wildman–Crippen LogP) is 2.30. The zero-order chi connectivity index (χ0) is 9.97. The molecule has 78 valence electrons. The number of nitrogens with one attached hydrogen (secondary N) is 1. The number of aryl methyl sites for hydroxylation is 1. The smallest absolute Gasteiger partial charge is 0.0361 e. The molecule has 0 spiro atoms. The number of aromatic nitrogens is 1. The SMILES string of the molecule is CC1CCC(NCc2cccn2C)C1. The van der Waals surface area contributed by atoms with Crippen molar-refractivity contribution in [2.45, 2.75) is 38.8 Å². The van der Waals surface area contributed by atoms with Crippen molar-refractivity contribution in [2.24, 2.45) is 13.0 Å². The zero-order valence-corrected chi connectivity index (χ0v) is 9.16. The molecule has 2 unspecified atom stereocenters. The van der Waals surface area contributed by atoms with Crippen molar-refractivity contribution < 1.29 is 0 Å². The fourth-order valence-corrected chi connectivity index (χ4v) is 2.32. The van der Waals surface area contributed by atoms with E-state index in [-0.39, 0.29) is 0 Å². The van der Waals surface area contributed by atoms with Crippen molar-refractivity contribution in [1.82, 2.24) is 9.88 Å². The van der Waals surface area contributed by atoms with Gasteiger partial charge in [-0.15, -0.1) is 0 Å². The van der Waals surface area contributed by atoms with E-state index in [9.17, 15) is 0 Å². The summed E-state index contributed by atoms with van der Waals surface area (Å²) in [5.41, 5.74) is 1.38. The van der Waals surface area contributed by atoms with Crippen LogP contribution in [-0.2, 0) is 13.6 Å². The maximum atomic E-state index is 3.63. The zero-order valence-electron chi connectivity index (χ0n) is 9.16. The first-order chi connectivity index (χ1) is 6.75. The van der Waals surface area contributed by atoms with Gasteiger partial charge in [0, 0.05) is 31.5 Å². The molecule has 0 saturated heterocycles. The standard InChI is InChI=1S/C12H20N2/c1-10-5-6-11(8-10)13-9-12-4-3-7-14(12)2/h3-4,7,10-11,13H,5-6,8-9H2,1-2H3. The van der Waals surface area contributed by atoms with Crippen LogP contribution in [-0.4, -0.2) is 10.6 Å². The Balaban J connectivity index is 1.80. The summed E-state index contributed by atoms with van der Waals surface area (Å²) in [4.78, 5) is 0. The highest BCUT2D eigenvalue weighted by Crippen LogP contribution is 2.24. The van der Waals surface area contributed by atoms with Crippen LogP contribution in [0.15, 0.2) is 18.3 Å². The third kappa shape index (κ3) is 2.18. The van der Waals surface area contributed by atoms with Crippen LogP contribution in [0.1, 0.15) is 31.9 Å². The van der Waals surface area contributed by atoms with Gasteiger partial charge in [0.15, 0.2) is 0 Å². The van der Waals surface area contributed by atoms with Crippen LogP contribution < -0.4 is 5.32 Å². The van der Waals surface area contributed by atoms with Gasteiger partial charge >= 0.3 is 0 Å². The monoisotopic (exact) mass is 192 g/mol. The second-order valence-electron chi connectivity index (χ2n) is 4.61. The molecular formula is C12H20N2. The summed E-state index contributed by atoms with van der Waals surface area (Å²) in [6, 6.07) is 5.04. The lowest BCUT2D eigenvalue weighted by Crippen LogP contribution is -2.26. The van der Waals surface area contributed by atoms with Gasteiger partial charge in [-0.3, -0.25) is 0 Å². The van der Waals surface area contributed by atoms with Crippen molar-refractivity contribution >= 4 is 0 Å². The highest BCUT2D eigenvalue weighted by molar-refractivity contribution is 5.06. The van der Waals surface area contributed by atoms with E-state index in [0.29, 0.717) is 0 Å². The van der Waals surface area contributed by atoms with Gasteiger partial charge < -0.3 is 9.88 Å². The molecule has 14 heavy (non-hydrogen) atoms. The molecule has 2 nitrogen and oxygen atoms in total. The molecule has 1 fully saturated rings. The van der Waals surface area contributed by atoms with E-state index in [1.54, 1.807) is 0 Å². The molecule has 0 aromatic carbocycles. The Morgan fingerprint density at radius 1 is 1.50 bits per heavy atom. The molecule has 0 bridgehead atoms. The fourth-order valence-electron chi connectivity index (χ4n) is 2.32. The maximum absolute atomic E-state index is 3.63. The topological polar surface area (TPSA) is 17.0 Å². The second-order valence-corrected chi connectivity index (χ2v) is 4.61. The third-order valence-corrected chi connectivity index (χ3v) is 3.32. The molecule has 0 aliphatic heterocycles. The lowest BCUT2D eigenvalue weighted by atomic mass is 10.1. The molecule has 2 rings (SSSR count). The number of rotatable bonds is 3. The van der Waals surface area contributed by atoms with Crippen LogP contribution in [0.4, 0.5) is 0 Å². The van der Waals surface area contributed by atoms with Gasteiger partial charge in [0.2, 0.25) is 0 Å². The van der Waals surface area contributed by atoms with Gasteiger partial charge in [-0.1, -0.05) is 6.92 Å². The van der Waals surface area contributed by atoms with E-state index in [4.69, 9.17) is 0 Å². The molecule has 2 heteroatoms. The molecule has 2 atom stereocenters. The predicted molar refractivity (Wildman–Crippen MR) is 59.1 cm³/mol. The summed E-state index contributed by atoms with van der Waals surface area (Å²) in [6.45, 7) is 3.37. The molecule has 1 saturated carbocycles. The third-order valence-electron chi connectivity index (χ3n) is 3.32. The van der Waals surface area contributed by atoms with Crippen LogP contribution in [0.25, 0.3) is 0 Å². The van der Waals surface area contributed by atoms with Crippen LogP contribution in [0.2, 0.25) is 0 Å². The van der Waals surface area contributed by atoms with E-state index >= 15 is 0 Å². The Labute approximate surface area is 86.3 Å². The van der Waals surface area contributed by atoms with Crippen molar-refractivity contribution in [1.29, 1.82) is 0 Å². The first-order valence-corrected chi connectivity index (χ1v) is 5.59. The number of nitrogens with zero attached hydrogens (tertiary/aromatic N) is 1. The molecule has 0 radical (unpaired) electrons. The second kappa shape index (κ2) is 4.18. The average Bonchev–Trinajstić information content (AvgIpc) is 2.72. The van der Waals surface area contributed by atoms with E-state index < -0.39 is 0 Å². The maximum Gasteiger partial charge on any atom is 0.0361 e. The Morgan fingerprint density at radius 3 is 2.93 bits per heavy atom. The summed E-state index contributed by atoms with van der Waals surface area (Å²) in [7, 11) is 2.11. The van der Waals surface area contributed by atoms with Gasteiger partial charge in [-0.05, 0) is 37.3 Å². The summed E-state index contributed by atoms with van der Waals surface area (Å²) in [6.07, 6.45) is 6.20. The Morgan fingerprint density at radius 2 is 2.36 bits per heavy atom. The number of hydrogen-bond donors (Lipinski definition) is 1. The first kappa shape index (κ1) is 9.78. The van der Waals surface area contributed by atoms with E-state index in [1.807, 2.05) is 0 Å². The van der Waals surface area contributed by atoms with Crippen molar-refractivity contribution in [3.8, 4) is 0 Å². The minimum atomic E-state index is 0.750. The Kier molecular flexibility index (Phi) is 2.92. The summed E-state index contributed by atoms with van der Waals surface area (Å²) in [5, 5.41) is 3.63. The first-order valence-electron chi connectivity index (χ1n) is 5.59. The Bertz CT molecular complexity index is 290. The van der Waals surface area contributed by atoms with Crippen LogP contribution in [0, 0.1) is 5.92 Å². The largest absolute Gasteiger partial charge is 0.353 e. The average molecular weight is 192 g/mol. The van der Waals surface area contributed by atoms with Crippen LogP contribution in [0.5, 0.6) is 0 Å². The van der Waals surface area contributed by atoms with E-state index in [2.05, 4.69) is 42.2 Å². The lowest BCUT2D eigenvalue weighted by molar-refractivity contribution is 0.494.